The standard InChI is InChI=1S/C20H34O4/c1-10(2)14-9-15-13(7)8-16(14)18(20(22)24-12(5)6)17(15)19(21)23-11(3)4/h10-18H,8-9H2,1-7H3/t13?,14?,15?,16?,17-,18-/m0/s1. The van der Waals surface area contributed by atoms with E-state index in [0.717, 1.165) is 12.8 Å². The summed E-state index contributed by atoms with van der Waals surface area (Å²) in [6.07, 6.45) is 1.72. The molecule has 3 fully saturated rings. The van der Waals surface area contributed by atoms with Gasteiger partial charge in [-0.3, -0.25) is 9.59 Å². The Kier molecular flexibility index (Phi) is 5.98. The fraction of sp³-hybridized carbons (Fsp3) is 0.900. The zero-order valence-electron chi connectivity index (χ0n) is 16.2. The van der Waals surface area contributed by atoms with Crippen LogP contribution in [-0.4, -0.2) is 24.1 Å². The summed E-state index contributed by atoms with van der Waals surface area (Å²) < 4.78 is 11.1. The van der Waals surface area contributed by atoms with Crippen LogP contribution >= 0.6 is 0 Å². The average Bonchev–Trinajstić information content (AvgIpc) is 2.44. The molecule has 3 aliphatic carbocycles. The van der Waals surface area contributed by atoms with Gasteiger partial charge in [0.05, 0.1) is 24.0 Å². The number of fused-ring (bicyclic) bond motifs is 3. The Morgan fingerprint density at radius 3 is 1.67 bits per heavy atom. The minimum absolute atomic E-state index is 0.157. The Labute approximate surface area is 146 Å². The summed E-state index contributed by atoms with van der Waals surface area (Å²) in [5.74, 6) is 0.795. The van der Waals surface area contributed by atoms with E-state index in [4.69, 9.17) is 9.47 Å². The molecule has 0 aromatic rings. The first-order chi connectivity index (χ1) is 11.1. The lowest BCUT2D eigenvalue weighted by Gasteiger charge is -2.54. The zero-order chi connectivity index (χ0) is 18.2. The third kappa shape index (κ3) is 3.78. The van der Waals surface area contributed by atoms with E-state index in [2.05, 4.69) is 20.8 Å². The maximum atomic E-state index is 12.8. The molecule has 0 aliphatic heterocycles. The van der Waals surface area contributed by atoms with Gasteiger partial charge in [0.25, 0.3) is 0 Å². The van der Waals surface area contributed by atoms with Crippen molar-refractivity contribution in [2.75, 3.05) is 0 Å². The number of carbonyl (C=O) groups excluding carboxylic acids is 2. The van der Waals surface area contributed by atoms with E-state index in [9.17, 15) is 9.59 Å². The monoisotopic (exact) mass is 338 g/mol. The van der Waals surface area contributed by atoms with Gasteiger partial charge in [0.2, 0.25) is 0 Å². The summed E-state index contributed by atoms with van der Waals surface area (Å²) in [7, 11) is 0. The Morgan fingerprint density at radius 2 is 1.25 bits per heavy atom. The number of rotatable bonds is 5. The Bertz CT molecular complexity index is 468. The van der Waals surface area contributed by atoms with Crippen molar-refractivity contribution in [3.63, 3.8) is 0 Å². The lowest BCUT2D eigenvalue weighted by atomic mass is 9.49. The third-order valence-electron chi connectivity index (χ3n) is 5.88. The van der Waals surface area contributed by atoms with E-state index in [0.29, 0.717) is 17.8 Å². The highest BCUT2D eigenvalue weighted by molar-refractivity contribution is 5.83. The second-order valence-electron chi connectivity index (χ2n) is 8.71. The molecular formula is C20H34O4. The highest BCUT2D eigenvalue weighted by Gasteiger charge is 2.58. The molecule has 0 radical (unpaired) electrons. The molecule has 0 heterocycles. The molecule has 0 aromatic heterocycles. The van der Waals surface area contributed by atoms with E-state index in [-0.39, 0.29) is 47.8 Å². The van der Waals surface area contributed by atoms with E-state index >= 15 is 0 Å². The molecular weight excluding hydrogens is 304 g/mol. The summed E-state index contributed by atoms with van der Waals surface area (Å²) in [5, 5.41) is 0. The van der Waals surface area contributed by atoms with Gasteiger partial charge in [0.1, 0.15) is 0 Å². The van der Waals surface area contributed by atoms with Crippen molar-refractivity contribution in [3.05, 3.63) is 0 Å². The first-order valence-electron chi connectivity index (χ1n) is 9.54. The van der Waals surface area contributed by atoms with Crippen LogP contribution in [0.15, 0.2) is 0 Å². The van der Waals surface area contributed by atoms with Crippen LogP contribution in [0.2, 0.25) is 0 Å². The predicted octanol–water partition coefficient (Wildman–Crippen LogP) is 4.07. The van der Waals surface area contributed by atoms with Gasteiger partial charge < -0.3 is 9.47 Å². The number of carbonyl (C=O) groups is 2. The van der Waals surface area contributed by atoms with Crippen LogP contribution in [-0.2, 0) is 19.1 Å². The molecule has 0 N–H and O–H groups in total. The zero-order valence-corrected chi connectivity index (χ0v) is 16.2. The van der Waals surface area contributed by atoms with Crippen LogP contribution in [0, 0.1) is 41.4 Å². The molecule has 0 spiro atoms. The predicted molar refractivity (Wildman–Crippen MR) is 93.1 cm³/mol. The maximum Gasteiger partial charge on any atom is 0.310 e. The Balaban J connectivity index is 2.34. The van der Waals surface area contributed by atoms with Crippen molar-refractivity contribution in [2.45, 2.75) is 73.5 Å². The molecule has 24 heavy (non-hydrogen) atoms. The van der Waals surface area contributed by atoms with Gasteiger partial charge in [-0.15, -0.1) is 0 Å². The minimum Gasteiger partial charge on any atom is -0.463 e. The van der Waals surface area contributed by atoms with Gasteiger partial charge >= 0.3 is 11.9 Å². The molecule has 6 atom stereocenters. The highest BCUT2D eigenvalue weighted by Crippen LogP contribution is 2.56. The smallest absolute Gasteiger partial charge is 0.310 e. The first kappa shape index (κ1) is 19.3. The van der Waals surface area contributed by atoms with Gasteiger partial charge in [-0.2, -0.15) is 0 Å². The molecule has 138 valence electrons. The number of esters is 2. The molecule has 4 unspecified atom stereocenters. The third-order valence-corrected chi connectivity index (χ3v) is 5.88. The minimum atomic E-state index is -0.346. The van der Waals surface area contributed by atoms with Gasteiger partial charge in [0.15, 0.2) is 0 Å². The molecule has 4 heteroatoms. The van der Waals surface area contributed by atoms with Gasteiger partial charge in [0, 0.05) is 0 Å². The highest BCUT2D eigenvalue weighted by atomic mass is 16.6. The van der Waals surface area contributed by atoms with E-state index in [1.165, 1.54) is 0 Å². The van der Waals surface area contributed by atoms with Crippen LogP contribution < -0.4 is 0 Å². The summed E-state index contributed by atoms with van der Waals surface area (Å²) >= 11 is 0. The van der Waals surface area contributed by atoms with Crippen molar-refractivity contribution in [2.24, 2.45) is 41.4 Å². The molecule has 0 amide bonds. The van der Waals surface area contributed by atoms with Crippen molar-refractivity contribution < 1.29 is 19.1 Å². The number of hydrogen-bond donors (Lipinski definition) is 0. The van der Waals surface area contributed by atoms with Crippen molar-refractivity contribution >= 4 is 11.9 Å². The molecule has 3 aliphatic rings. The fourth-order valence-corrected chi connectivity index (χ4v) is 4.98. The molecule has 3 rings (SSSR count). The number of hydrogen-bond acceptors (Lipinski definition) is 4. The quantitative estimate of drug-likeness (QED) is 0.709. The Hall–Kier alpha value is -1.06. The molecule has 3 saturated carbocycles. The molecule has 4 nitrogen and oxygen atoms in total. The van der Waals surface area contributed by atoms with Crippen LogP contribution in [0.1, 0.15) is 61.3 Å². The van der Waals surface area contributed by atoms with E-state index in [1.807, 2.05) is 27.7 Å². The normalized spacial score (nSPS) is 35.6. The van der Waals surface area contributed by atoms with Crippen molar-refractivity contribution in [3.8, 4) is 0 Å². The van der Waals surface area contributed by atoms with Gasteiger partial charge in [-0.05, 0) is 70.1 Å². The van der Waals surface area contributed by atoms with Gasteiger partial charge in [-0.1, -0.05) is 20.8 Å². The van der Waals surface area contributed by atoms with E-state index in [1.54, 1.807) is 0 Å². The summed E-state index contributed by atoms with van der Waals surface area (Å²) in [6, 6.07) is 0. The van der Waals surface area contributed by atoms with Crippen LogP contribution in [0.3, 0.4) is 0 Å². The summed E-state index contributed by atoms with van der Waals surface area (Å²) in [5.41, 5.74) is 0. The van der Waals surface area contributed by atoms with Crippen LogP contribution in [0.5, 0.6) is 0 Å². The lowest BCUT2D eigenvalue weighted by molar-refractivity contribution is -0.186. The Morgan fingerprint density at radius 1 is 0.792 bits per heavy atom. The van der Waals surface area contributed by atoms with Gasteiger partial charge in [-0.25, -0.2) is 0 Å². The first-order valence-corrected chi connectivity index (χ1v) is 9.54. The second kappa shape index (κ2) is 7.45. The summed E-state index contributed by atoms with van der Waals surface area (Å²) in [6.45, 7) is 14.1. The van der Waals surface area contributed by atoms with Crippen molar-refractivity contribution in [1.82, 2.24) is 0 Å². The SMILES string of the molecule is CC(C)OC(=O)[C@H]1C2CC(C(C)C)C(CC2C)[C@@H]1C(=O)OC(C)C. The second-order valence-corrected chi connectivity index (χ2v) is 8.71. The topological polar surface area (TPSA) is 52.6 Å². The van der Waals surface area contributed by atoms with Crippen molar-refractivity contribution in [1.29, 1.82) is 0 Å². The average molecular weight is 338 g/mol. The van der Waals surface area contributed by atoms with Crippen LogP contribution in [0.4, 0.5) is 0 Å². The summed E-state index contributed by atoms with van der Waals surface area (Å²) in [4.78, 5) is 25.6. The fourth-order valence-electron chi connectivity index (χ4n) is 4.98. The molecule has 0 aromatic carbocycles. The van der Waals surface area contributed by atoms with Crippen LogP contribution in [0.25, 0.3) is 0 Å². The number of ether oxygens (including phenoxy) is 2. The molecule has 2 bridgehead atoms. The largest absolute Gasteiger partial charge is 0.463 e. The maximum absolute atomic E-state index is 12.8. The molecule has 0 saturated heterocycles. The van der Waals surface area contributed by atoms with E-state index < -0.39 is 0 Å². The lowest BCUT2D eigenvalue weighted by Crippen LogP contribution is -2.56.